The summed E-state index contributed by atoms with van der Waals surface area (Å²) in [6.45, 7) is 2.00. The molecule has 58 valence electrons. The van der Waals surface area contributed by atoms with Crippen molar-refractivity contribution in [2.24, 2.45) is 5.10 Å². The first-order valence-corrected chi connectivity index (χ1v) is 3.99. The van der Waals surface area contributed by atoms with Gasteiger partial charge in [0.05, 0.1) is 6.21 Å². The zero-order valence-corrected chi connectivity index (χ0v) is 6.89. The molecule has 0 bridgehead atoms. The van der Waals surface area contributed by atoms with E-state index in [0.717, 1.165) is 4.88 Å². The summed E-state index contributed by atoms with van der Waals surface area (Å²) in [7, 11) is 0. The van der Waals surface area contributed by atoms with E-state index in [1.807, 2.05) is 18.4 Å². The highest BCUT2D eigenvalue weighted by atomic mass is 32.1. The molecule has 0 radical (unpaired) electrons. The molecule has 0 unspecified atom stereocenters. The van der Waals surface area contributed by atoms with E-state index in [0.29, 0.717) is 6.41 Å². The molecule has 1 amide bonds. The Labute approximate surface area is 68.7 Å². The third-order valence-corrected chi connectivity index (χ3v) is 2.16. The van der Waals surface area contributed by atoms with Crippen molar-refractivity contribution in [1.29, 1.82) is 0 Å². The number of thiophene rings is 1. The first kappa shape index (κ1) is 7.94. The van der Waals surface area contributed by atoms with Crippen molar-refractivity contribution in [1.82, 2.24) is 5.43 Å². The van der Waals surface area contributed by atoms with Crippen molar-refractivity contribution in [2.75, 3.05) is 0 Å². The quantitative estimate of drug-likeness (QED) is 0.410. The van der Waals surface area contributed by atoms with E-state index < -0.39 is 0 Å². The lowest BCUT2D eigenvalue weighted by molar-refractivity contribution is -0.109. The highest BCUT2D eigenvalue weighted by Gasteiger charge is 1.93. The van der Waals surface area contributed by atoms with Crippen LogP contribution >= 0.6 is 11.3 Å². The molecule has 4 heteroatoms. The summed E-state index contributed by atoms with van der Waals surface area (Å²) in [5.41, 5.74) is 3.38. The largest absolute Gasteiger partial charge is 0.277 e. The summed E-state index contributed by atoms with van der Waals surface area (Å²) < 4.78 is 0. The van der Waals surface area contributed by atoms with Gasteiger partial charge in [-0.2, -0.15) is 5.10 Å². The molecule has 0 saturated heterocycles. The second-order valence-electron chi connectivity index (χ2n) is 1.97. The van der Waals surface area contributed by atoms with Gasteiger partial charge in [-0.1, -0.05) is 0 Å². The predicted molar refractivity (Wildman–Crippen MR) is 45.8 cm³/mol. The number of nitrogens with zero attached hydrogens (tertiary/aromatic N) is 1. The fraction of sp³-hybridized carbons (Fsp3) is 0.143. The van der Waals surface area contributed by atoms with Crippen LogP contribution < -0.4 is 5.43 Å². The van der Waals surface area contributed by atoms with Gasteiger partial charge in [0.2, 0.25) is 6.41 Å². The highest BCUT2D eigenvalue weighted by molar-refractivity contribution is 7.11. The van der Waals surface area contributed by atoms with E-state index in [4.69, 9.17) is 0 Å². The maximum atomic E-state index is 9.80. The van der Waals surface area contributed by atoms with Crippen LogP contribution in [0.2, 0.25) is 0 Å². The monoisotopic (exact) mass is 168 g/mol. The average molecular weight is 168 g/mol. The summed E-state index contributed by atoms with van der Waals surface area (Å²) >= 11 is 1.59. The summed E-state index contributed by atoms with van der Waals surface area (Å²) in [5, 5.41) is 5.64. The molecule has 1 heterocycles. The van der Waals surface area contributed by atoms with Crippen molar-refractivity contribution in [2.45, 2.75) is 6.92 Å². The minimum atomic E-state index is 0.541. The molecule has 0 saturated carbocycles. The number of hydrogen-bond acceptors (Lipinski definition) is 3. The van der Waals surface area contributed by atoms with Crippen molar-refractivity contribution < 1.29 is 4.79 Å². The molecule has 11 heavy (non-hydrogen) atoms. The zero-order chi connectivity index (χ0) is 8.10. The second-order valence-corrected chi connectivity index (χ2v) is 2.92. The van der Waals surface area contributed by atoms with Gasteiger partial charge in [-0.25, -0.2) is 5.43 Å². The van der Waals surface area contributed by atoms with Gasteiger partial charge >= 0.3 is 0 Å². The molecule has 1 N–H and O–H groups in total. The molecule has 1 aromatic heterocycles. The molecule has 0 aliphatic heterocycles. The standard InChI is InChI=1S/C7H8N2OS/c1-6-2-3-11-7(6)4-8-9-5-10/h2-5H,1H3,(H,9,10). The van der Waals surface area contributed by atoms with Gasteiger partial charge < -0.3 is 0 Å². The van der Waals surface area contributed by atoms with Crippen LogP contribution in [0.5, 0.6) is 0 Å². The summed E-state index contributed by atoms with van der Waals surface area (Å²) in [5.74, 6) is 0. The van der Waals surface area contributed by atoms with Crippen LogP contribution in [0, 0.1) is 6.92 Å². The minimum absolute atomic E-state index is 0.541. The number of hydrazone groups is 1. The van der Waals surface area contributed by atoms with Gasteiger partial charge in [0.25, 0.3) is 0 Å². The molecule has 0 aliphatic carbocycles. The number of hydrogen-bond donors (Lipinski definition) is 1. The molecule has 1 rings (SSSR count). The third-order valence-electron chi connectivity index (χ3n) is 1.21. The summed E-state index contributed by atoms with van der Waals surface area (Å²) in [6, 6.07) is 2.01. The zero-order valence-electron chi connectivity index (χ0n) is 6.07. The number of carbonyl (C=O) groups is 1. The Bertz CT molecular complexity index is 267. The van der Waals surface area contributed by atoms with Crippen molar-refractivity contribution in [3.05, 3.63) is 21.9 Å². The average Bonchev–Trinajstić information content (AvgIpc) is 2.37. The normalized spacial score (nSPS) is 10.3. The first-order valence-electron chi connectivity index (χ1n) is 3.11. The fourth-order valence-electron chi connectivity index (χ4n) is 0.643. The Morgan fingerprint density at radius 3 is 3.09 bits per heavy atom. The lowest BCUT2D eigenvalue weighted by Crippen LogP contribution is -2.00. The van der Waals surface area contributed by atoms with E-state index >= 15 is 0 Å². The highest BCUT2D eigenvalue weighted by Crippen LogP contribution is 2.11. The van der Waals surface area contributed by atoms with Gasteiger partial charge in [-0.05, 0) is 23.9 Å². The van der Waals surface area contributed by atoms with Crippen molar-refractivity contribution in [3.63, 3.8) is 0 Å². The second kappa shape index (κ2) is 3.88. The van der Waals surface area contributed by atoms with Crippen LogP contribution in [0.1, 0.15) is 10.4 Å². The van der Waals surface area contributed by atoms with E-state index in [1.165, 1.54) is 5.56 Å². The molecular formula is C7H8N2OS. The topological polar surface area (TPSA) is 41.5 Å². The summed E-state index contributed by atoms with van der Waals surface area (Å²) in [6.07, 6.45) is 2.17. The SMILES string of the molecule is Cc1ccsc1C=NNC=O. The number of aryl methyl sites for hydroxylation is 1. The molecule has 0 aromatic carbocycles. The van der Waals surface area contributed by atoms with Crippen LogP contribution in [0.3, 0.4) is 0 Å². The van der Waals surface area contributed by atoms with Gasteiger partial charge in [0.1, 0.15) is 0 Å². The number of carbonyl (C=O) groups excluding carboxylic acids is 1. The minimum Gasteiger partial charge on any atom is -0.277 e. The van der Waals surface area contributed by atoms with Gasteiger partial charge in [0, 0.05) is 4.88 Å². The Balaban J connectivity index is 2.63. The molecule has 0 fully saturated rings. The van der Waals surface area contributed by atoms with E-state index in [9.17, 15) is 4.79 Å². The Kier molecular flexibility index (Phi) is 2.80. The predicted octanol–water partition coefficient (Wildman–Crippen LogP) is 1.14. The Morgan fingerprint density at radius 2 is 2.55 bits per heavy atom. The van der Waals surface area contributed by atoms with Crippen molar-refractivity contribution in [3.8, 4) is 0 Å². The lowest BCUT2D eigenvalue weighted by Gasteiger charge is -1.86. The summed E-state index contributed by atoms with van der Waals surface area (Å²) in [4.78, 5) is 10.9. The molecule has 0 spiro atoms. The smallest absolute Gasteiger partial charge is 0.227 e. The maximum Gasteiger partial charge on any atom is 0.227 e. The number of nitrogens with one attached hydrogen (secondary N) is 1. The van der Waals surface area contributed by atoms with E-state index in [-0.39, 0.29) is 0 Å². The first-order chi connectivity index (χ1) is 5.34. The van der Waals surface area contributed by atoms with E-state index in [2.05, 4.69) is 10.5 Å². The van der Waals surface area contributed by atoms with Crippen LogP contribution in [0.25, 0.3) is 0 Å². The molecule has 3 nitrogen and oxygen atoms in total. The number of rotatable bonds is 3. The van der Waals surface area contributed by atoms with Gasteiger partial charge in [-0.15, -0.1) is 11.3 Å². The van der Waals surface area contributed by atoms with Crippen LogP contribution in [-0.4, -0.2) is 12.6 Å². The van der Waals surface area contributed by atoms with Crippen LogP contribution in [0.15, 0.2) is 16.5 Å². The number of amides is 1. The lowest BCUT2D eigenvalue weighted by atomic mass is 10.3. The van der Waals surface area contributed by atoms with Crippen LogP contribution in [0.4, 0.5) is 0 Å². The maximum absolute atomic E-state index is 9.80. The van der Waals surface area contributed by atoms with E-state index in [1.54, 1.807) is 17.6 Å². The third kappa shape index (κ3) is 2.16. The Morgan fingerprint density at radius 1 is 1.73 bits per heavy atom. The Hall–Kier alpha value is -1.16. The van der Waals surface area contributed by atoms with Gasteiger partial charge in [0.15, 0.2) is 0 Å². The van der Waals surface area contributed by atoms with Gasteiger partial charge in [-0.3, -0.25) is 4.79 Å². The molecule has 0 atom stereocenters. The van der Waals surface area contributed by atoms with Crippen LogP contribution in [-0.2, 0) is 4.79 Å². The molecule has 0 aliphatic rings. The molecular weight excluding hydrogens is 160 g/mol. The van der Waals surface area contributed by atoms with Crippen molar-refractivity contribution >= 4 is 24.0 Å². The fourth-order valence-corrected chi connectivity index (χ4v) is 1.43. The molecule has 1 aromatic rings.